The van der Waals surface area contributed by atoms with Crippen LogP contribution in [-0.2, 0) is 10.0 Å². The Hall–Kier alpha value is -2.17. The van der Waals surface area contributed by atoms with Gasteiger partial charge < -0.3 is 4.42 Å². The Kier molecular flexibility index (Phi) is 4.43. The van der Waals surface area contributed by atoms with Gasteiger partial charge in [0.2, 0.25) is 5.89 Å². The molecule has 0 radical (unpaired) electrons. The number of hydrogen-bond donors (Lipinski definition) is 0. The molecular weight excluding hydrogens is 326 g/mol. The van der Waals surface area contributed by atoms with E-state index in [1.54, 1.807) is 24.3 Å². The molecule has 1 aromatic carbocycles. The lowest BCUT2D eigenvalue weighted by Gasteiger charge is -2.33. The van der Waals surface area contributed by atoms with Crippen molar-refractivity contribution < 1.29 is 12.8 Å². The van der Waals surface area contributed by atoms with E-state index >= 15 is 0 Å². The van der Waals surface area contributed by atoms with Crippen LogP contribution in [0.2, 0.25) is 0 Å². The van der Waals surface area contributed by atoms with E-state index in [0.717, 1.165) is 6.42 Å². The second kappa shape index (κ2) is 6.38. The van der Waals surface area contributed by atoms with Crippen LogP contribution in [0.1, 0.15) is 26.0 Å². The maximum absolute atomic E-state index is 12.9. The lowest BCUT2D eigenvalue weighted by Crippen LogP contribution is -2.42. The minimum atomic E-state index is -3.88. The van der Waals surface area contributed by atoms with Gasteiger partial charge in [-0.25, -0.2) is 8.42 Å². The van der Waals surface area contributed by atoms with Crippen LogP contribution in [0.4, 0.5) is 0 Å². The van der Waals surface area contributed by atoms with Crippen molar-refractivity contribution in [1.29, 1.82) is 5.26 Å². The molecule has 2 atom stereocenters. The third kappa shape index (κ3) is 3.07. The lowest BCUT2D eigenvalue weighted by molar-refractivity contribution is 0.219. The number of benzene rings is 1. The summed E-state index contributed by atoms with van der Waals surface area (Å²) in [4.78, 5) is 4.06. The topological polar surface area (TPSA) is 87.2 Å². The Balaban J connectivity index is 2.02. The van der Waals surface area contributed by atoms with Gasteiger partial charge in [0.05, 0.1) is 0 Å². The molecule has 6 nitrogen and oxygen atoms in total. The molecule has 1 aliphatic heterocycles. The molecule has 0 aliphatic carbocycles. The summed E-state index contributed by atoms with van der Waals surface area (Å²) in [5.74, 6) is 0.681. The summed E-state index contributed by atoms with van der Waals surface area (Å²) in [6.07, 6.45) is 0.989. The highest BCUT2D eigenvalue weighted by atomic mass is 32.2. The van der Waals surface area contributed by atoms with Gasteiger partial charge in [-0.3, -0.25) is 0 Å². The molecule has 0 bridgehead atoms. The number of piperidine rings is 1. The van der Waals surface area contributed by atoms with Gasteiger partial charge in [-0.1, -0.05) is 32.0 Å². The van der Waals surface area contributed by atoms with E-state index in [1.807, 2.05) is 26.0 Å². The number of oxazole rings is 1. The molecule has 24 heavy (non-hydrogen) atoms. The maximum Gasteiger partial charge on any atom is 0.279 e. The van der Waals surface area contributed by atoms with Crippen LogP contribution >= 0.6 is 0 Å². The molecule has 2 aromatic rings. The van der Waals surface area contributed by atoms with Crippen LogP contribution in [0.5, 0.6) is 0 Å². The largest absolute Gasteiger partial charge is 0.422 e. The normalized spacial score (nSPS) is 22.2. The van der Waals surface area contributed by atoms with E-state index in [2.05, 4.69) is 4.98 Å². The summed E-state index contributed by atoms with van der Waals surface area (Å²) < 4.78 is 32.8. The minimum absolute atomic E-state index is 0.142. The van der Waals surface area contributed by atoms with E-state index < -0.39 is 10.0 Å². The van der Waals surface area contributed by atoms with Crippen molar-refractivity contribution in [2.24, 2.45) is 11.8 Å². The summed E-state index contributed by atoms with van der Waals surface area (Å²) in [5.41, 5.74) is 0.440. The van der Waals surface area contributed by atoms with Crippen LogP contribution in [0.3, 0.4) is 0 Å². The van der Waals surface area contributed by atoms with Gasteiger partial charge in [0.1, 0.15) is 6.07 Å². The Morgan fingerprint density at radius 2 is 1.83 bits per heavy atom. The smallest absolute Gasteiger partial charge is 0.279 e. The molecule has 0 spiro atoms. The van der Waals surface area contributed by atoms with Crippen molar-refractivity contribution in [3.05, 3.63) is 36.0 Å². The van der Waals surface area contributed by atoms with E-state index in [1.165, 1.54) is 4.31 Å². The van der Waals surface area contributed by atoms with E-state index in [0.29, 0.717) is 18.7 Å². The molecule has 0 amide bonds. The predicted molar refractivity (Wildman–Crippen MR) is 88.4 cm³/mol. The number of sulfonamides is 1. The number of aromatic nitrogens is 1. The van der Waals surface area contributed by atoms with Gasteiger partial charge >= 0.3 is 0 Å². The van der Waals surface area contributed by atoms with Crippen LogP contribution in [0.25, 0.3) is 11.5 Å². The van der Waals surface area contributed by atoms with Gasteiger partial charge in [0.15, 0.2) is 5.69 Å². The SMILES string of the molecule is C[C@@H]1C[C@H](C)CN(S(=O)(=O)c2oc(-c3ccccc3)nc2C#N)C1. The van der Waals surface area contributed by atoms with Crippen LogP contribution in [0, 0.1) is 23.2 Å². The monoisotopic (exact) mass is 345 g/mol. The third-order valence-corrected chi connectivity index (χ3v) is 5.86. The molecule has 126 valence electrons. The Bertz CT molecular complexity index is 858. The van der Waals surface area contributed by atoms with E-state index in [4.69, 9.17) is 4.42 Å². The fourth-order valence-electron chi connectivity index (χ4n) is 3.18. The molecule has 1 fully saturated rings. The summed E-state index contributed by atoms with van der Waals surface area (Å²) in [5, 5.41) is 8.93. The predicted octanol–water partition coefficient (Wildman–Crippen LogP) is 2.88. The fraction of sp³-hybridized carbons (Fsp3) is 0.412. The van der Waals surface area contributed by atoms with Crippen molar-refractivity contribution in [2.75, 3.05) is 13.1 Å². The van der Waals surface area contributed by atoms with Crippen LogP contribution in [-0.4, -0.2) is 30.8 Å². The molecule has 2 heterocycles. The fourth-order valence-corrected chi connectivity index (χ4v) is 4.83. The molecule has 7 heteroatoms. The zero-order valence-corrected chi connectivity index (χ0v) is 14.5. The molecule has 1 aliphatic rings. The average Bonchev–Trinajstić information content (AvgIpc) is 3.00. The number of nitrogens with zero attached hydrogens (tertiary/aromatic N) is 3. The summed E-state index contributed by atoms with van der Waals surface area (Å²) in [6.45, 7) is 4.91. The highest BCUT2D eigenvalue weighted by Crippen LogP contribution is 2.30. The number of rotatable bonds is 3. The molecule has 3 rings (SSSR count). The first-order valence-corrected chi connectivity index (χ1v) is 9.32. The minimum Gasteiger partial charge on any atom is -0.422 e. The summed E-state index contributed by atoms with van der Waals surface area (Å²) >= 11 is 0. The van der Waals surface area contributed by atoms with Gasteiger partial charge in [0.25, 0.3) is 15.1 Å². The molecule has 1 aromatic heterocycles. The van der Waals surface area contributed by atoms with Crippen molar-refractivity contribution in [1.82, 2.24) is 9.29 Å². The second-order valence-corrected chi connectivity index (χ2v) is 8.24. The number of hydrogen-bond acceptors (Lipinski definition) is 5. The quantitative estimate of drug-likeness (QED) is 0.853. The van der Waals surface area contributed by atoms with Gasteiger partial charge in [-0.15, -0.1) is 0 Å². The summed E-state index contributed by atoms with van der Waals surface area (Å²) in [6, 6.07) is 10.8. The van der Waals surface area contributed by atoms with Crippen LogP contribution in [0.15, 0.2) is 39.8 Å². The average molecular weight is 345 g/mol. The van der Waals surface area contributed by atoms with Crippen molar-refractivity contribution in [3.8, 4) is 17.5 Å². The Morgan fingerprint density at radius 3 is 2.42 bits per heavy atom. The third-order valence-electron chi connectivity index (χ3n) is 4.13. The van der Waals surface area contributed by atoms with Crippen molar-refractivity contribution >= 4 is 10.0 Å². The zero-order valence-electron chi connectivity index (χ0n) is 13.6. The molecule has 1 saturated heterocycles. The van der Waals surface area contributed by atoms with Gasteiger partial charge in [-0.05, 0) is 30.4 Å². The molecule has 0 saturated carbocycles. The van der Waals surface area contributed by atoms with Gasteiger partial charge in [0, 0.05) is 18.7 Å². The first-order chi connectivity index (χ1) is 11.4. The first-order valence-electron chi connectivity index (χ1n) is 7.88. The van der Waals surface area contributed by atoms with Crippen molar-refractivity contribution in [2.45, 2.75) is 25.4 Å². The highest BCUT2D eigenvalue weighted by molar-refractivity contribution is 7.89. The Labute approximate surface area is 141 Å². The lowest BCUT2D eigenvalue weighted by atomic mass is 9.94. The Morgan fingerprint density at radius 1 is 1.21 bits per heavy atom. The molecular formula is C17H19N3O3S. The first kappa shape index (κ1) is 16.7. The molecule has 0 unspecified atom stereocenters. The van der Waals surface area contributed by atoms with E-state index in [9.17, 15) is 13.7 Å². The number of nitriles is 1. The van der Waals surface area contributed by atoms with Crippen molar-refractivity contribution in [3.63, 3.8) is 0 Å². The zero-order chi connectivity index (χ0) is 17.3. The second-order valence-electron chi connectivity index (χ2n) is 6.40. The summed E-state index contributed by atoms with van der Waals surface area (Å²) in [7, 11) is -3.88. The van der Waals surface area contributed by atoms with Crippen LogP contribution < -0.4 is 0 Å². The van der Waals surface area contributed by atoms with Gasteiger partial charge in [-0.2, -0.15) is 14.6 Å². The highest BCUT2D eigenvalue weighted by Gasteiger charge is 2.36. The maximum atomic E-state index is 12.9. The molecule has 0 N–H and O–H groups in total. The van der Waals surface area contributed by atoms with E-state index in [-0.39, 0.29) is 28.5 Å². The standard InChI is InChI=1S/C17H19N3O3S/c1-12-8-13(2)11-20(10-12)24(21,22)17-15(9-18)19-16(23-17)14-6-4-3-5-7-14/h3-7,12-13H,8,10-11H2,1-2H3/t12-,13+.